The van der Waals surface area contributed by atoms with Crippen molar-refractivity contribution in [2.24, 2.45) is 0 Å². The molecule has 100 valence electrons. The first-order valence-corrected chi connectivity index (χ1v) is 4.95. The Morgan fingerprint density at radius 1 is 1.44 bits per heavy atom. The molecule has 1 aromatic carbocycles. The van der Waals surface area contributed by atoms with Crippen molar-refractivity contribution in [1.29, 1.82) is 0 Å². The van der Waals surface area contributed by atoms with E-state index >= 15 is 0 Å². The predicted molar refractivity (Wildman–Crippen MR) is 53.7 cm³/mol. The Labute approximate surface area is 100.0 Å². The Hall–Kier alpha value is -1.79. The number of ether oxygens (including phenoxy) is 1. The second-order valence-corrected chi connectivity index (χ2v) is 3.67. The average molecular weight is 266 g/mol. The molecule has 7 heteroatoms. The SMILES string of the molecule is C[C@@H](CC(=O)O)Oc1ccc(F)c(C(F)(F)F)c1. The molecule has 0 unspecified atom stereocenters. The fraction of sp³-hybridized carbons (Fsp3) is 0.364. The second kappa shape index (κ2) is 5.24. The van der Waals surface area contributed by atoms with E-state index in [0.717, 1.165) is 6.07 Å². The third-order valence-corrected chi connectivity index (χ3v) is 2.04. The van der Waals surface area contributed by atoms with E-state index in [1.807, 2.05) is 0 Å². The number of carboxylic acid groups (broad SMARTS) is 1. The zero-order valence-corrected chi connectivity index (χ0v) is 9.29. The van der Waals surface area contributed by atoms with Crippen LogP contribution in [0.2, 0.25) is 0 Å². The topological polar surface area (TPSA) is 46.5 Å². The number of hydrogen-bond acceptors (Lipinski definition) is 2. The first-order chi connectivity index (χ1) is 8.20. The standard InChI is InChI=1S/C11H10F4O3/c1-6(4-10(16)17)18-7-2-3-9(12)8(5-7)11(13,14)15/h2-3,5-6H,4H2,1H3,(H,16,17)/t6-/m0/s1. The summed E-state index contributed by atoms with van der Waals surface area (Å²) in [5.74, 6) is -2.76. The summed E-state index contributed by atoms with van der Waals surface area (Å²) in [6.45, 7) is 1.39. The molecule has 0 aliphatic rings. The molecule has 1 N–H and O–H groups in total. The van der Waals surface area contributed by atoms with Crippen molar-refractivity contribution in [2.45, 2.75) is 25.6 Å². The Bertz CT molecular complexity index is 442. The van der Waals surface area contributed by atoms with Crippen LogP contribution in [0.4, 0.5) is 17.6 Å². The van der Waals surface area contributed by atoms with Crippen LogP contribution in [0.5, 0.6) is 5.75 Å². The van der Waals surface area contributed by atoms with Crippen molar-refractivity contribution in [2.75, 3.05) is 0 Å². The van der Waals surface area contributed by atoms with Gasteiger partial charge in [-0.05, 0) is 25.1 Å². The minimum atomic E-state index is -4.82. The van der Waals surface area contributed by atoms with Crippen molar-refractivity contribution >= 4 is 5.97 Å². The molecular weight excluding hydrogens is 256 g/mol. The normalized spacial score (nSPS) is 13.2. The van der Waals surface area contributed by atoms with Crippen LogP contribution in [0, 0.1) is 5.82 Å². The maximum absolute atomic E-state index is 12.9. The number of alkyl halides is 3. The van der Waals surface area contributed by atoms with Gasteiger partial charge in [0.15, 0.2) is 0 Å². The first-order valence-electron chi connectivity index (χ1n) is 4.95. The minimum absolute atomic E-state index is 0.225. The molecule has 0 heterocycles. The summed E-state index contributed by atoms with van der Waals surface area (Å²) >= 11 is 0. The number of hydrogen-bond donors (Lipinski definition) is 1. The van der Waals surface area contributed by atoms with Crippen molar-refractivity contribution in [3.8, 4) is 5.75 Å². The maximum Gasteiger partial charge on any atom is 0.419 e. The smallest absolute Gasteiger partial charge is 0.419 e. The van der Waals surface area contributed by atoms with Gasteiger partial charge >= 0.3 is 12.1 Å². The molecule has 0 aliphatic carbocycles. The van der Waals surface area contributed by atoms with Crippen LogP contribution in [0.25, 0.3) is 0 Å². The van der Waals surface area contributed by atoms with Crippen LogP contribution in [-0.4, -0.2) is 17.2 Å². The second-order valence-electron chi connectivity index (χ2n) is 3.67. The van der Waals surface area contributed by atoms with E-state index in [-0.39, 0.29) is 12.2 Å². The highest BCUT2D eigenvalue weighted by Crippen LogP contribution is 2.33. The van der Waals surface area contributed by atoms with Gasteiger partial charge in [-0.3, -0.25) is 4.79 Å². The van der Waals surface area contributed by atoms with Gasteiger partial charge in [0.25, 0.3) is 0 Å². The molecular formula is C11H10F4O3. The average Bonchev–Trinajstić information content (AvgIpc) is 2.17. The number of halogens is 4. The van der Waals surface area contributed by atoms with Gasteiger partial charge in [-0.2, -0.15) is 13.2 Å². The molecule has 0 radical (unpaired) electrons. The van der Waals surface area contributed by atoms with E-state index in [2.05, 4.69) is 0 Å². The Balaban J connectivity index is 2.89. The third kappa shape index (κ3) is 3.90. The molecule has 3 nitrogen and oxygen atoms in total. The van der Waals surface area contributed by atoms with E-state index in [1.165, 1.54) is 6.92 Å². The Morgan fingerprint density at radius 2 is 2.06 bits per heavy atom. The highest BCUT2D eigenvalue weighted by molar-refractivity contribution is 5.67. The number of aliphatic carboxylic acids is 1. The lowest BCUT2D eigenvalue weighted by molar-refractivity contribution is -0.141. The molecule has 0 saturated carbocycles. The van der Waals surface area contributed by atoms with Gasteiger partial charge in [-0.15, -0.1) is 0 Å². The fourth-order valence-corrected chi connectivity index (χ4v) is 1.31. The maximum atomic E-state index is 12.9. The van der Waals surface area contributed by atoms with E-state index in [0.29, 0.717) is 12.1 Å². The molecule has 0 spiro atoms. The predicted octanol–water partition coefficient (Wildman–Crippen LogP) is 3.09. The molecule has 0 aliphatic heterocycles. The molecule has 0 bridgehead atoms. The molecule has 0 fully saturated rings. The Kier molecular flexibility index (Phi) is 4.15. The van der Waals surface area contributed by atoms with Crippen LogP contribution in [0.3, 0.4) is 0 Å². The van der Waals surface area contributed by atoms with Crippen molar-refractivity contribution in [3.05, 3.63) is 29.6 Å². The largest absolute Gasteiger partial charge is 0.490 e. The highest BCUT2D eigenvalue weighted by atomic mass is 19.4. The van der Waals surface area contributed by atoms with Gasteiger partial charge in [0.2, 0.25) is 0 Å². The van der Waals surface area contributed by atoms with Gasteiger partial charge in [-0.25, -0.2) is 4.39 Å². The van der Waals surface area contributed by atoms with Crippen LogP contribution in [-0.2, 0) is 11.0 Å². The van der Waals surface area contributed by atoms with E-state index < -0.39 is 29.6 Å². The zero-order valence-electron chi connectivity index (χ0n) is 9.29. The van der Waals surface area contributed by atoms with E-state index in [9.17, 15) is 22.4 Å². The molecule has 1 aromatic rings. The highest BCUT2D eigenvalue weighted by Gasteiger charge is 2.34. The molecule has 0 saturated heterocycles. The van der Waals surface area contributed by atoms with Crippen LogP contribution < -0.4 is 4.74 Å². The first kappa shape index (κ1) is 14.3. The van der Waals surface area contributed by atoms with Gasteiger partial charge < -0.3 is 9.84 Å². The molecule has 1 atom stereocenters. The van der Waals surface area contributed by atoms with E-state index in [1.54, 1.807) is 0 Å². The van der Waals surface area contributed by atoms with Crippen LogP contribution in [0.15, 0.2) is 18.2 Å². The van der Waals surface area contributed by atoms with Crippen LogP contribution in [0.1, 0.15) is 18.9 Å². The van der Waals surface area contributed by atoms with E-state index in [4.69, 9.17) is 9.84 Å². The van der Waals surface area contributed by atoms with Crippen molar-refractivity contribution in [3.63, 3.8) is 0 Å². The van der Waals surface area contributed by atoms with Crippen molar-refractivity contribution < 1.29 is 32.2 Å². The summed E-state index contributed by atoms with van der Waals surface area (Å²) in [4.78, 5) is 10.4. The third-order valence-electron chi connectivity index (χ3n) is 2.04. The quantitative estimate of drug-likeness (QED) is 0.852. The lowest BCUT2D eigenvalue weighted by Crippen LogP contribution is -2.17. The van der Waals surface area contributed by atoms with Crippen LogP contribution >= 0.6 is 0 Å². The number of benzene rings is 1. The molecule has 0 aromatic heterocycles. The summed E-state index contributed by atoms with van der Waals surface area (Å²) in [6, 6.07) is 2.16. The van der Waals surface area contributed by atoms with Crippen molar-refractivity contribution in [1.82, 2.24) is 0 Å². The van der Waals surface area contributed by atoms with Gasteiger partial charge in [0.05, 0.1) is 12.0 Å². The summed E-state index contributed by atoms with van der Waals surface area (Å²) in [5, 5.41) is 8.47. The summed E-state index contributed by atoms with van der Waals surface area (Å²) in [6.07, 6.45) is -5.99. The molecule has 0 amide bonds. The summed E-state index contributed by atoms with van der Waals surface area (Å²) in [7, 11) is 0. The fourth-order valence-electron chi connectivity index (χ4n) is 1.31. The lowest BCUT2D eigenvalue weighted by Gasteiger charge is -2.15. The zero-order chi connectivity index (χ0) is 13.9. The number of carboxylic acids is 1. The molecule has 1 rings (SSSR count). The number of carbonyl (C=O) groups is 1. The van der Waals surface area contributed by atoms with Gasteiger partial charge in [-0.1, -0.05) is 0 Å². The summed E-state index contributed by atoms with van der Waals surface area (Å²) < 4.78 is 55.1. The minimum Gasteiger partial charge on any atom is -0.490 e. The Morgan fingerprint density at radius 3 is 2.56 bits per heavy atom. The van der Waals surface area contributed by atoms with Gasteiger partial charge in [0, 0.05) is 0 Å². The number of rotatable bonds is 4. The summed E-state index contributed by atoms with van der Waals surface area (Å²) in [5.41, 5.74) is -1.44. The monoisotopic (exact) mass is 266 g/mol. The molecule has 18 heavy (non-hydrogen) atoms. The lowest BCUT2D eigenvalue weighted by atomic mass is 10.2. The van der Waals surface area contributed by atoms with Gasteiger partial charge in [0.1, 0.15) is 17.7 Å².